The van der Waals surface area contributed by atoms with Crippen LogP contribution in [-0.4, -0.2) is 22.4 Å². The number of rotatable bonds is 5. The molecule has 2 N–H and O–H groups in total. The lowest BCUT2D eigenvalue weighted by atomic mass is 10.1. The summed E-state index contributed by atoms with van der Waals surface area (Å²) in [6.07, 6.45) is 4.24. The van der Waals surface area contributed by atoms with E-state index in [1.54, 1.807) is 17.5 Å². The van der Waals surface area contributed by atoms with Crippen LogP contribution in [0.15, 0.2) is 60.2 Å². The SMILES string of the molecule is O=C(NCCc1c[nH]c2ncc(Cl)cc12)c1ccc(-c2cccs2)cc1. The number of nitrogens with zero attached hydrogens (tertiary/aromatic N) is 1. The number of fused-ring (bicyclic) bond motifs is 1. The van der Waals surface area contributed by atoms with Gasteiger partial charge in [0, 0.05) is 34.8 Å². The Hall–Kier alpha value is -2.63. The second kappa shape index (κ2) is 7.32. The number of halogens is 1. The van der Waals surface area contributed by atoms with Crippen molar-refractivity contribution >= 4 is 39.9 Å². The van der Waals surface area contributed by atoms with E-state index in [-0.39, 0.29) is 5.91 Å². The fourth-order valence-electron chi connectivity index (χ4n) is 2.88. The highest BCUT2D eigenvalue weighted by molar-refractivity contribution is 7.13. The van der Waals surface area contributed by atoms with Gasteiger partial charge in [-0.1, -0.05) is 29.8 Å². The van der Waals surface area contributed by atoms with Crippen LogP contribution in [0.25, 0.3) is 21.5 Å². The number of carbonyl (C=O) groups is 1. The summed E-state index contributed by atoms with van der Waals surface area (Å²) in [5.41, 5.74) is 3.68. The monoisotopic (exact) mass is 381 g/mol. The fourth-order valence-corrected chi connectivity index (χ4v) is 3.77. The van der Waals surface area contributed by atoms with Crippen LogP contribution in [0.3, 0.4) is 0 Å². The summed E-state index contributed by atoms with van der Waals surface area (Å²) < 4.78 is 0. The molecule has 1 amide bonds. The minimum atomic E-state index is -0.0706. The second-order valence-corrected chi connectivity index (χ2v) is 7.31. The van der Waals surface area contributed by atoms with E-state index >= 15 is 0 Å². The molecule has 3 aromatic heterocycles. The fraction of sp³-hybridized carbons (Fsp3) is 0.100. The largest absolute Gasteiger partial charge is 0.352 e. The maximum atomic E-state index is 12.3. The number of amides is 1. The van der Waals surface area contributed by atoms with Crippen LogP contribution < -0.4 is 5.32 Å². The number of hydrogen-bond donors (Lipinski definition) is 2. The average Bonchev–Trinajstić information content (AvgIpc) is 3.32. The molecule has 0 aliphatic rings. The highest BCUT2D eigenvalue weighted by Crippen LogP contribution is 2.24. The normalized spacial score (nSPS) is 11.0. The van der Waals surface area contributed by atoms with Gasteiger partial charge in [0.15, 0.2) is 0 Å². The van der Waals surface area contributed by atoms with Crippen LogP contribution in [0.2, 0.25) is 5.02 Å². The minimum Gasteiger partial charge on any atom is -0.352 e. The Bertz CT molecular complexity index is 1040. The Kier molecular flexibility index (Phi) is 4.73. The lowest BCUT2D eigenvalue weighted by Crippen LogP contribution is -2.25. The molecule has 4 nitrogen and oxygen atoms in total. The van der Waals surface area contributed by atoms with Gasteiger partial charge >= 0.3 is 0 Å². The molecular formula is C20H16ClN3OS. The molecule has 26 heavy (non-hydrogen) atoms. The van der Waals surface area contributed by atoms with Crippen LogP contribution in [0, 0.1) is 0 Å². The Labute approximate surface area is 159 Å². The third-order valence-electron chi connectivity index (χ3n) is 4.22. The Balaban J connectivity index is 1.38. The van der Waals surface area contributed by atoms with Crippen molar-refractivity contribution in [3.05, 3.63) is 76.4 Å². The predicted molar refractivity (Wildman–Crippen MR) is 107 cm³/mol. The molecular weight excluding hydrogens is 366 g/mol. The second-order valence-electron chi connectivity index (χ2n) is 5.92. The highest BCUT2D eigenvalue weighted by Gasteiger charge is 2.08. The van der Waals surface area contributed by atoms with Gasteiger partial charge in [-0.2, -0.15) is 0 Å². The van der Waals surface area contributed by atoms with Crippen molar-refractivity contribution < 1.29 is 4.79 Å². The van der Waals surface area contributed by atoms with E-state index in [4.69, 9.17) is 11.6 Å². The van der Waals surface area contributed by atoms with Crippen molar-refractivity contribution in [2.75, 3.05) is 6.54 Å². The quantitative estimate of drug-likeness (QED) is 0.515. The van der Waals surface area contributed by atoms with Gasteiger partial charge in [-0.25, -0.2) is 4.98 Å². The van der Waals surface area contributed by atoms with E-state index in [0.29, 0.717) is 23.6 Å². The van der Waals surface area contributed by atoms with E-state index in [9.17, 15) is 4.79 Å². The summed E-state index contributed by atoms with van der Waals surface area (Å²) in [7, 11) is 0. The summed E-state index contributed by atoms with van der Waals surface area (Å²) in [6, 6.07) is 13.7. The number of hydrogen-bond acceptors (Lipinski definition) is 3. The highest BCUT2D eigenvalue weighted by atomic mass is 35.5. The first-order valence-corrected chi connectivity index (χ1v) is 9.50. The Morgan fingerprint density at radius 2 is 2.08 bits per heavy atom. The van der Waals surface area contributed by atoms with Crippen LogP contribution in [-0.2, 0) is 6.42 Å². The molecule has 0 unspecified atom stereocenters. The summed E-state index contributed by atoms with van der Waals surface area (Å²) in [6.45, 7) is 0.547. The standard InChI is InChI=1S/C20H16ClN3OS/c21-16-10-17-15(11-23-19(17)24-12-16)7-8-22-20(25)14-5-3-13(4-6-14)18-2-1-9-26-18/h1-6,9-12H,7-8H2,(H,22,25)(H,23,24). The summed E-state index contributed by atoms with van der Waals surface area (Å²) in [5.74, 6) is -0.0706. The molecule has 0 aliphatic carbocycles. The van der Waals surface area contributed by atoms with Gasteiger partial charge < -0.3 is 10.3 Å². The van der Waals surface area contributed by atoms with Crippen molar-refractivity contribution in [1.82, 2.24) is 15.3 Å². The zero-order valence-electron chi connectivity index (χ0n) is 13.8. The first-order valence-electron chi connectivity index (χ1n) is 8.24. The number of benzene rings is 1. The minimum absolute atomic E-state index is 0.0706. The predicted octanol–water partition coefficient (Wildman–Crippen LogP) is 4.92. The van der Waals surface area contributed by atoms with Crippen LogP contribution in [0.4, 0.5) is 0 Å². The topological polar surface area (TPSA) is 57.8 Å². The Morgan fingerprint density at radius 1 is 1.23 bits per heavy atom. The molecule has 0 atom stereocenters. The molecule has 0 saturated heterocycles. The molecule has 0 fully saturated rings. The molecule has 0 spiro atoms. The molecule has 6 heteroatoms. The van der Waals surface area contributed by atoms with Crippen LogP contribution in [0.5, 0.6) is 0 Å². The lowest BCUT2D eigenvalue weighted by molar-refractivity contribution is 0.0954. The van der Waals surface area contributed by atoms with Gasteiger partial charge in [-0.05, 0) is 47.2 Å². The van der Waals surface area contributed by atoms with E-state index < -0.39 is 0 Å². The molecule has 0 aliphatic heterocycles. The molecule has 0 bridgehead atoms. The molecule has 130 valence electrons. The van der Waals surface area contributed by atoms with Crippen LogP contribution in [0.1, 0.15) is 15.9 Å². The number of thiophene rings is 1. The molecule has 3 heterocycles. The summed E-state index contributed by atoms with van der Waals surface area (Å²) in [5, 5.41) is 6.61. The van der Waals surface area contributed by atoms with Crippen molar-refractivity contribution in [2.24, 2.45) is 0 Å². The van der Waals surface area contributed by atoms with Crippen LogP contribution >= 0.6 is 22.9 Å². The van der Waals surface area contributed by atoms with Gasteiger partial charge in [0.2, 0.25) is 0 Å². The Morgan fingerprint density at radius 3 is 2.85 bits per heavy atom. The van der Waals surface area contributed by atoms with Gasteiger partial charge in [0.1, 0.15) is 5.65 Å². The lowest BCUT2D eigenvalue weighted by Gasteiger charge is -2.06. The maximum absolute atomic E-state index is 12.3. The van der Waals surface area contributed by atoms with Gasteiger partial charge in [0.25, 0.3) is 5.91 Å². The molecule has 1 aromatic carbocycles. The number of pyridine rings is 1. The zero-order chi connectivity index (χ0) is 17.9. The van der Waals surface area contributed by atoms with Crippen molar-refractivity contribution in [1.29, 1.82) is 0 Å². The molecule has 0 saturated carbocycles. The van der Waals surface area contributed by atoms with Gasteiger partial charge in [-0.15, -0.1) is 11.3 Å². The van der Waals surface area contributed by atoms with Crippen molar-refractivity contribution in [2.45, 2.75) is 6.42 Å². The van der Waals surface area contributed by atoms with Gasteiger partial charge in [0.05, 0.1) is 5.02 Å². The van der Waals surface area contributed by atoms with Gasteiger partial charge in [-0.3, -0.25) is 4.79 Å². The molecule has 4 aromatic rings. The number of nitrogens with one attached hydrogen (secondary N) is 2. The first kappa shape index (κ1) is 16.8. The number of H-pyrrole nitrogens is 1. The smallest absolute Gasteiger partial charge is 0.251 e. The van der Waals surface area contributed by atoms with E-state index in [1.165, 1.54) is 4.88 Å². The summed E-state index contributed by atoms with van der Waals surface area (Å²) >= 11 is 7.70. The molecule has 4 rings (SSSR count). The number of carbonyl (C=O) groups excluding carboxylic acids is 1. The maximum Gasteiger partial charge on any atom is 0.251 e. The van der Waals surface area contributed by atoms with Crippen molar-refractivity contribution in [3.63, 3.8) is 0 Å². The molecule has 0 radical (unpaired) electrons. The number of aromatic nitrogens is 2. The van der Waals surface area contributed by atoms with E-state index in [0.717, 1.165) is 22.2 Å². The van der Waals surface area contributed by atoms with E-state index in [2.05, 4.69) is 21.4 Å². The van der Waals surface area contributed by atoms with E-state index in [1.807, 2.05) is 48.0 Å². The first-order chi connectivity index (χ1) is 12.7. The summed E-state index contributed by atoms with van der Waals surface area (Å²) in [4.78, 5) is 20.9. The average molecular weight is 382 g/mol. The zero-order valence-corrected chi connectivity index (χ0v) is 15.4. The number of aromatic amines is 1. The third kappa shape index (κ3) is 3.49. The van der Waals surface area contributed by atoms with Crippen molar-refractivity contribution in [3.8, 4) is 10.4 Å². The third-order valence-corrected chi connectivity index (χ3v) is 5.34.